The van der Waals surface area contributed by atoms with Crippen molar-refractivity contribution in [2.45, 2.75) is 58.3 Å². The SMILES string of the molecule is COC(OC1C2CC3CC(C2)CC1C3)C(C)C. The van der Waals surface area contributed by atoms with Crippen molar-refractivity contribution in [3.63, 3.8) is 0 Å². The third-order valence-corrected chi connectivity index (χ3v) is 5.21. The van der Waals surface area contributed by atoms with Gasteiger partial charge in [0.05, 0.1) is 6.10 Å². The zero-order valence-corrected chi connectivity index (χ0v) is 11.4. The van der Waals surface area contributed by atoms with Gasteiger partial charge in [0.2, 0.25) is 0 Å². The number of ether oxygens (including phenoxy) is 2. The summed E-state index contributed by atoms with van der Waals surface area (Å²) < 4.78 is 11.8. The lowest BCUT2D eigenvalue weighted by Crippen LogP contribution is -2.51. The molecule has 4 bridgehead atoms. The largest absolute Gasteiger partial charge is 0.356 e. The molecule has 4 saturated carbocycles. The highest BCUT2D eigenvalue weighted by Gasteiger charge is 2.49. The zero-order chi connectivity index (χ0) is 12.0. The predicted molar refractivity (Wildman–Crippen MR) is 67.6 cm³/mol. The number of methoxy groups -OCH3 is 1. The second-order valence-corrected chi connectivity index (χ2v) is 6.88. The number of hydrogen-bond acceptors (Lipinski definition) is 2. The quantitative estimate of drug-likeness (QED) is 0.698. The summed E-state index contributed by atoms with van der Waals surface area (Å²) in [5.74, 6) is 4.18. The summed E-state index contributed by atoms with van der Waals surface area (Å²) in [7, 11) is 1.78. The van der Waals surface area contributed by atoms with Crippen LogP contribution in [0, 0.1) is 29.6 Å². The minimum absolute atomic E-state index is 0.00229. The molecule has 4 fully saturated rings. The van der Waals surface area contributed by atoms with Crippen LogP contribution in [-0.4, -0.2) is 19.5 Å². The zero-order valence-electron chi connectivity index (χ0n) is 11.4. The van der Waals surface area contributed by atoms with E-state index < -0.39 is 0 Å². The predicted octanol–water partition coefficient (Wildman–Crippen LogP) is 3.46. The van der Waals surface area contributed by atoms with Crippen LogP contribution in [0.1, 0.15) is 46.0 Å². The molecule has 2 heteroatoms. The second-order valence-electron chi connectivity index (χ2n) is 6.88. The Morgan fingerprint density at radius 1 is 0.882 bits per heavy atom. The molecule has 4 aliphatic rings. The third-order valence-electron chi connectivity index (χ3n) is 5.21. The van der Waals surface area contributed by atoms with Crippen molar-refractivity contribution in [3.8, 4) is 0 Å². The highest BCUT2D eigenvalue weighted by atomic mass is 16.7. The van der Waals surface area contributed by atoms with E-state index in [4.69, 9.17) is 9.47 Å². The average molecular weight is 238 g/mol. The Labute approximate surface area is 105 Å². The second kappa shape index (κ2) is 4.55. The molecule has 0 amide bonds. The Hall–Kier alpha value is -0.0800. The molecule has 4 rings (SSSR count). The highest BCUT2D eigenvalue weighted by Crippen LogP contribution is 2.54. The molecule has 0 radical (unpaired) electrons. The van der Waals surface area contributed by atoms with E-state index in [0.29, 0.717) is 12.0 Å². The van der Waals surface area contributed by atoms with E-state index in [1.165, 1.54) is 32.1 Å². The van der Waals surface area contributed by atoms with Gasteiger partial charge in [0.1, 0.15) is 0 Å². The van der Waals surface area contributed by atoms with Crippen LogP contribution < -0.4 is 0 Å². The lowest BCUT2D eigenvalue weighted by Gasteiger charge is -2.54. The molecular formula is C15H26O2. The fourth-order valence-corrected chi connectivity index (χ4v) is 4.74. The van der Waals surface area contributed by atoms with Gasteiger partial charge in [-0.2, -0.15) is 0 Å². The molecule has 0 aliphatic heterocycles. The maximum absolute atomic E-state index is 6.32. The van der Waals surface area contributed by atoms with Crippen molar-refractivity contribution in [1.29, 1.82) is 0 Å². The molecule has 0 spiro atoms. The van der Waals surface area contributed by atoms with Crippen LogP contribution in [0.15, 0.2) is 0 Å². The monoisotopic (exact) mass is 238 g/mol. The minimum atomic E-state index is -0.00229. The van der Waals surface area contributed by atoms with Crippen molar-refractivity contribution < 1.29 is 9.47 Å². The smallest absolute Gasteiger partial charge is 0.159 e. The molecule has 0 N–H and O–H groups in total. The first kappa shape index (κ1) is 12.0. The lowest BCUT2D eigenvalue weighted by molar-refractivity contribution is -0.231. The third kappa shape index (κ3) is 2.15. The molecule has 1 atom stereocenters. The fourth-order valence-electron chi connectivity index (χ4n) is 4.74. The van der Waals surface area contributed by atoms with Gasteiger partial charge in [-0.3, -0.25) is 0 Å². The van der Waals surface area contributed by atoms with Crippen molar-refractivity contribution in [2.24, 2.45) is 29.6 Å². The standard InChI is InChI=1S/C15H26O2/c1-9(2)15(16-3)17-14-12-5-10-4-11(7-12)8-13(14)6-10/h9-15H,4-8H2,1-3H3. The van der Waals surface area contributed by atoms with E-state index in [1.54, 1.807) is 7.11 Å². The molecule has 0 heterocycles. The van der Waals surface area contributed by atoms with E-state index in [0.717, 1.165) is 23.7 Å². The summed E-state index contributed by atoms with van der Waals surface area (Å²) in [6.45, 7) is 4.37. The van der Waals surface area contributed by atoms with Crippen LogP contribution >= 0.6 is 0 Å². The number of hydrogen-bond donors (Lipinski definition) is 0. The molecular weight excluding hydrogens is 212 g/mol. The molecule has 2 nitrogen and oxygen atoms in total. The van der Waals surface area contributed by atoms with Gasteiger partial charge in [-0.25, -0.2) is 0 Å². The molecule has 0 saturated heterocycles. The van der Waals surface area contributed by atoms with Crippen LogP contribution in [0.4, 0.5) is 0 Å². The summed E-state index contributed by atoms with van der Waals surface area (Å²) in [6.07, 6.45) is 7.70. The summed E-state index contributed by atoms with van der Waals surface area (Å²) >= 11 is 0. The Kier molecular flexibility index (Phi) is 3.20. The average Bonchev–Trinajstić information content (AvgIpc) is 2.27. The van der Waals surface area contributed by atoms with Crippen molar-refractivity contribution in [3.05, 3.63) is 0 Å². The molecule has 1 unspecified atom stereocenters. The van der Waals surface area contributed by atoms with E-state index in [2.05, 4.69) is 13.8 Å². The van der Waals surface area contributed by atoms with Crippen LogP contribution in [-0.2, 0) is 9.47 Å². The molecule has 17 heavy (non-hydrogen) atoms. The normalized spacial score (nSPS) is 45.5. The maximum Gasteiger partial charge on any atom is 0.159 e. The topological polar surface area (TPSA) is 18.5 Å². The Morgan fingerprint density at radius 3 is 1.82 bits per heavy atom. The van der Waals surface area contributed by atoms with Crippen molar-refractivity contribution in [1.82, 2.24) is 0 Å². The molecule has 0 aromatic carbocycles. The number of rotatable bonds is 4. The highest BCUT2D eigenvalue weighted by molar-refractivity contribution is 4.99. The van der Waals surface area contributed by atoms with Crippen LogP contribution in [0.3, 0.4) is 0 Å². The van der Waals surface area contributed by atoms with Gasteiger partial charge in [0.25, 0.3) is 0 Å². The molecule has 4 aliphatic carbocycles. The first-order chi connectivity index (χ1) is 8.17. The van der Waals surface area contributed by atoms with Gasteiger partial charge in [0, 0.05) is 13.0 Å². The first-order valence-electron chi connectivity index (χ1n) is 7.35. The van der Waals surface area contributed by atoms with E-state index >= 15 is 0 Å². The summed E-state index contributed by atoms with van der Waals surface area (Å²) in [5, 5.41) is 0. The lowest BCUT2D eigenvalue weighted by atomic mass is 9.55. The maximum atomic E-state index is 6.32. The summed E-state index contributed by atoms with van der Waals surface area (Å²) in [4.78, 5) is 0. The van der Waals surface area contributed by atoms with E-state index in [9.17, 15) is 0 Å². The van der Waals surface area contributed by atoms with Gasteiger partial charge in [-0.15, -0.1) is 0 Å². The Morgan fingerprint density at radius 2 is 1.41 bits per heavy atom. The molecule has 0 aromatic rings. The van der Waals surface area contributed by atoms with E-state index in [-0.39, 0.29) is 6.29 Å². The molecule has 98 valence electrons. The van der Waals surface area contributed by atoms with Crippen molar-refractivity contribution in [2.75, 3.05) is 7.11 Å². The molecule has 0 aromatic heterocycles. The minimum Gasteiger partial charge on any atom is -0.356 e. The van der Waals surface area contributed by atoms with Gasteiger partial charge in [0.15, 0.2) is 6.29 Å². The summed E-state index contributed by atoms with van der Waals surface area (Å²) in [5.41, 5.74) is 0. The van der Waals surface area contributed by atoms with Gasteiger partial charge in [-0.1, -0.05) is 13.8 Å². The fraction of sp³-hybridized carbons (Fsp3) is 1.00. The first-order valence-corrected chi connectivity index (χ1v) is 7.35. The Bertz CT molecular complexity index is 246. The van der Waals surface area contributed by atoms with Crippen molar-refractivity contribution >= 4 is 0 Å². The van der Waals surface area contributed by atoms with Gasteiger partial charge >= 0.3 is 0 Å². The van der Waals surface area contributed by atoms with Gasteiger partial charge in [-0.05, 0) is 55.8 Å². The van der Waals surface area contributed by atoms with Crippen LogP contribution in [0.25, 0.3) is 0 Å². The van der Waals surface area contributed by atoms with Gasteiger partial charge < -0.3 is 9.47 Å². The summed E-state index contributed by atoms with van der Waals surface area (Å²) in [6, 6.07) is 0. The Balaban J connectivity index is 1.67. The van der Waals surface area contributed by atoms with Crippen LogP contribution in [0.5, 0.6) is 0 Å². The van der Waals surface area contributed by atoms with Crippen LogP contribution in [0.2, 0.25) is 0 Å². The van der Waals surface area contributed by atoms with E-state index in [1.807, 2.05) is 0 Å².